The Hall–Kier alpha value is -3.94. The van der Waals surface area contributed by atoms with Crippen molar-refractivity contribution >= 4 is 29.6 Å². The van der Waals surface area contributed by atoms with Crippen molar-refractivity contribution in [3.8, 4) is 6.07 Å². The third-order valence-corrected chi connectivity index (χ3v) is 5.93. The van der Waals surface area contributed by atoms with E-state index in [9.17, 15) is 24.0 Å². The highest BCUT2D eigenvalue weighted by Gasteiger charge is 2.38. The summed E-state index contributed by atoms with van der Waals surface area (Å²) in [6, 6.07) is 6.39. The SMILES string of the molecule is N#Cc1ccc(C(=O)N2CCN(C(=O)CCCC(=O)O)[C@H](C(=O)N[C@H]3CCCNC3=O)C2)cc1. The summed E-state index contributed by atoms with van der Waals surface area (Å²) in [4.78, 5) is 64.7. The Morgan fingerprint density at radius 2 is 1.88 bits per heavy atom. The molecule has 11 heteroatoms. The van der Waals surface area contributed by atoms with Gasteiger partial charge in [-0.3, -0.25) is 24.0 Å². The molecule has 0 aliphatic carbocycles. The fraction of sp³-hybridized carbons (Fsp3) is 0.478. The highest BCUT2D eigenvalue weighted by atomic mass is 16.4. The van der Waals surface area contributed by atoms with Gasteiger partial charge in [0.25, 0.3) is 5.91 Å². The average molecular weight is 469 g/mol. The second-order valence-electron chi connectivity index (χ2n) is 8.28. The largest absolute Gasteiger partial charge is 0.481 e. The van der Waals surface area contributed by atoms with Gasteiger partial charge in [0.1, 0.15) is 12.1 Å². The molecule has 0 aromatic heterocycles. The molecular weight excluding hydrogens is 442 g/mol. The number of carbonyl (C=O) groups excluding carboxylic acids is 4. The monoisotopic (exact) mass is 469 g/mol. The minimum Gasteiger partial charge on any atom is -0.481 e. The van der Waals surface area contributed by atoms with Crippen molar-refractivity contribution in [1.82, 2.24) is 20.4 Å². The maximum Gasteiger partial charge on any atom is 0.303 e. The molecule has 2 aliphatic heterocycles. The third-order valence-electron chi connectivity index (χ3n) is 5.93. The highest BCUT2D eigenvalue weighted by Crippen LogP contribution is 2.17. The van der Waals surface area contributed by atoms with E-state index in [1.165, 1.54) is 34.1 Å². The van der Waals surface area contributed by atoms with Crippen LogP contribution in [0.4, 0.5) is 0 Å². The van der Waals surface area contributed by atoms with Crippen molar-refractivity contribution in [2.75, 3.05) is 26.2 Å². The lowest BCUT2D eigenvalue weighted by Crippen LogP contribution is -2.63. The summed E-state index contributed by atoms with van der Waals surface area (Å²) in [6.07, 6.45) is 1.12. The van der Waals surface area contributed by atoms with Crippen LogP contribution in [0.3, 0.4) is 0 Å². The Morgan fingerprint density at radius 3 is 2.53 bits per heavy atom. The Balaban J connectivity index is 1.74. The molecule has 34 heavy (non-hydrogen) atoms. The van der Waals surface area contributed by atoms with Gasteiger partial charge in [0.15, 0.2) is 0 Å². The number of nitriles is 1. The van der Waals surface area contributed by atoms with Crippen LogP contribution < -0.4 is 10.6 Å². The molecule has 2 fully saturated rings. The number of piperazine rings is 1. The maximum absolute atomic E-state index is 13.1. The maximum atomic E-state index is 13.1. The summed E-state index contributed by atoms with van der Waals surface area (Å²) >= 11 is 0. The zero-order valence-corrected chi connectivity index (χ0v) is 18.7. The first-order chi connectivity index (χ1) is 16.3. The molecule has 1 aromatic carbocycles. The highest BCUT2D eigenvalue weighted by molar-refractivity contribution is 5.96. The van der Waals surface area contributed by atoms with E-state index in [1.54, 1.807) is 0 Å². The number of amides is 4. The lowest BCUT2D eigenvalue weighted by molar-refractivity contribution is -0.144. The normalized spacial score (nSPS) is 20.1. The molecular formula is C23H27N5O6. The van der Waals surface area contributed by atoms with Gasteiger partial charge >= 0.3 is 5.97 Å². The minimum absolute atomic E-state index is 0.0381. The molecule has 2 atom stereocenters. The zero-order chi connectivity index (χ0) is 24.7. The Morgan fingerprint density at radius 1 is 1.15 bits per heavy atom. The van der Waals surface area contributed by atoms with E-state index in [-0.39, 0.29) is 56.6 Å². The lowest BCUT2D eigenvalue weighted by Gasteiger charge is -2.41. The fourth-order valence-corrected chi connectivity index (χ4v) is 4.07. The van der Waals surface area contributed by atoms with Crippen LogP contribution in [0.1, 0.15) is 48.0 Å². The van der Waals surface area contributed by atoms with Gasteiger partial charge in [-0.2, -0.15) is 5.26 Å². The molecule has 0 spiro atoms. The van der Waals surface area contributed by atoms with Crippen LogP contribution in [0, 0.1) is 11.3 Å². The molecule has 11 nitrogen and oxygen atoms in total. The summed E-state index contributed by atoms with van der Waals surface area (Å²) in [7, 11) is 0. The Bertz CT molecular complexity index is 1000. The van der Waals surface area contributed by atoms with Crippen LogP contribution in [0.2, 0.25) is 0 Å². The van der Waals surface area contributed by atoms with E-state index in [1.807, 2.05) is 6.07 Å². The number of carboxylic acid groups (broad SMARTS) is 1. The third kappa shape index (κ3) is 6.10. The summed E-state index contributed by atoms with van der Waals surface area (Å²) in [5.41, 5.74) is 0.766. The topological polar surface area (TPSA) is 160 Å². The van der Waals surface area contributed by atoms with Gasteiger partial charge in [-0.1, -0.05) is 0 Å². The van der Waals surface area contributed by atoms with Gasteiger partial charge in [0, 0.05) is 38.0 Å². The number of nitrogens with one attached hydrogen (secondary N) is 2. The Labute approximate surface area is 196 Å². The van der Waals surface area contributed by atoms with E-state index < -0.39 is 24.0 Å². The van der Waals surface area contributed by atoms with Crippen LogP contribution >= 0.6 is 0 Å². The molecule has 0 bridgehead atoms. The molecule has 180 valence electrons. The minimum atomic E-state index is -1.01. The summed E-state index contributed by atoms with van der Waals surface area (Å²) in [5.74, 6) is -2.55. The molecule has 0 radical (unpaired) electrons. The van der Waals surface area contributed by atoms with Crippen molar-refractivity contribution in [3.05, 3.63) is 35.4 Å². The molecule has 0 saturated carbocycles. The molecule has 2 saturated heterocycles. The molecule has 4 amide bonds. The summed E-state index contributed by atoms with van der Waals surface area (Å²) in [6.45, 7) is 0.763. The molecule has 2 aliphatic rings. The van der Waals surface area contributed by atoms with Gasteiger partial charge in [0.2, 0.25) is 17.7 Å². The lowest BCUT2D eigenvalue weighted by atomic mass is 10.0. The molecule has 3 rings (SSSR count). The number of rotatable bonds is 7. The van der Waals surface area contributed by atoms with E-state index in [0.717, 1.165) is 0 Å². The van der Waals surface area contributed by atoms with Crippen molar-refractivity contribution in [2.24, 2.45) is 0 Å². The van der Waals surface area contributed by atoms with Crippen molar-refractivity contribution in [3.63, 3.8) is 0 Å². The van der Waals surface area contributed by atoms with Crippen molar-refractivity contribution in [2.45, 2.75) is 44.2 Å². The molecule has 3 N–H and O–H groups in total. The molecule has 1 aromatic rings. The van der Waals surface area contributed by atoms with E-state index >= 15 is 0 Å². The number of carboxylic acids is 1. The van der Waals surface area contributed by atoms with Crippen LogP contribution in [0.5, 0.6) is 0 Å². The van der Waals surface area contributed by atoms with Gasteiger partial charge in [0.05, 0.1) is 18.2 Å². The first-order valence-electron chi connectivity index (χ1n) is 11.2. The van der Waals surface area contributed by atoms with E-state index in [2.05, 4.69) is 10.6 Å². The first kappa shape index (κ1) is 24.7. The Kier molecular flexibility index (Phi) is 8.19. The van der Waals surface area contributed by atoms with Gasteiger partial charge < -0.3 is 25.5 Å². The number of hydrogen-bond donors (Lipinski definition) is 3. The van der Waals surface area contributed by atoms with Crippen molar-refractivity contribution < 1.29 is 29.1 Å². The second kappa shape index (κ2) is 11.3. The predicted molar refractivity (Wildman–Crippen MR) is 118 cm³/mol. The van der Waals surface area contributed by atoms with Gasteiger partial charge in [-0.25, -0.2) is 0 Å². The van der Waals surface area contributed by atoms with Crippen LogP contribution in [0.15, 0.2) is 24.3 Å². The average Bonchev–Trinajstić information content (AvgIpc) is 2.84. The molecule has 0 unspecified atom stereocenters. The number of carbonyl (C=O) groups is 5. The quantitative estimate of drug-likeness (QED) is 0.501. The van der Waals surface area contributed by atoms with Crippen LogP contribution in [0.25, 0.3) is 0 Å². The van der Waals surface area contributed by atoms with Gasteiger partial charge in [-0.15, -0.1) is 0 Å². The van der Waals surface area contributed by atoms with E-state index in [0.29, 0.717) is 30.5 Å². The van der Waals surface area contributed by atoms with Gasteiger partial charge in [-0.05, 0) is 43.5 Å². The number of benzene rings is 1. The number of aliphatic carboxylic acids is 1. The van der Waals surface area contributed by atoms with Crippen LogP contribution in [-0.4, -0.2) is 82.8 Å². The van der Waals surface area contributed by atoms with Crippen LogP contribution in [-0.2, 0) is 19.2 Å². The number of nitrogens with zero attached hydrogens (tertiary/aromatic N) is 3. The first-order valence-corrected chi connectivity index (χ1v) is 11.2. The second-order valence-corrected chi connectivity index (χ2v) is 8.28. The zero-order valence-electron chi connectivity index (χ0n) is 18.7. The fourth-order valence-electron chi connectivity index (χ4n) is 4.07. The smallest absolute Gasteiger partial charge is 0.303 e. The van der Waals surface area contributed by atoms with E-state index in [4.69, 9.17) is 10.4 Å². The summed E-state index contributed by atoms with van der Waals surface area (Å²) < 4.78 is 0. The molecule has 2 heterocycles. The number of piperidine rings is 1. The number of hydrogen-bond acceptors (Lipinski definition) is 6. The summed E-state index contributed by atoms with van der Waals surface area (Å²) in [5, 5.41) is 23.2. The van der Waals surface area contributed by atoms with Crippen molar-refractivity contribution in [1.29, 1.82) is 5.26 Å². The predicted octanol–water partition coefficient (Wildman–Crippen LogP) is -0.139. The standard InChI is InChI=1S/C23H27N5O6/c24-13-15-6-8-16(9-7-15)23(34)27-11-12-28(19(29)4-1-5-20(30)31)18(14-27)22(33)26-17-3-2-10-25-21(17)32/h6-9,17-18H,1-5,10-12,14H2,(H,25,32)(H,26,33)(H,30,31)/t17-,18-/m0/s1.